The second kappa shape index (κ2) is 7.64. The molecule has 2 heteroatoms. The van der Waals surface area contributed by atoms with Crippen LogP contribution in [0.1, 0.15) is 49.3 Å². The normalized spacial score (nSPS) is 11.6. The Bertz CT molecular complexity index is 733. The van der Waals surface area contributed by atoms with Crippen LogP contribution in [0.4, 0.5) is 0 Å². The van der Waals surface area contributed by atoms with E-state index in [2.05, 4.69) is 94.4 Å². The Morgan fingerprint density at radius 3 is 1.62 bits per heavy atom. The molecule has 124 valence electrons. The molecule has 0 amide bonds. The number of rotatable bonds is 5. The Balaban J connectivity index is 2.20. The van der Waals surface area contributed by atoms with Crippen molar-refractivity contribution in [1.29, 1.82) is 0 Å². The second-order valence-corrected chi connectivity index (χ2v) is 10.0. The minimum atomic E-state index is -0.493. The summed E-state index contributed by atoms with van der Waals surface area (Å²) >= 11 is 2.01. The lowest BCUT2D eigenvalue weighted by atomic mass is 10.1. The largest absolute Gasteiger partial charge is 0.144 e. The smallest absolute Gasteiger partial charge is 0.0157 e. The molecular weight excluding hydrogens is 327 g/mol. The van der Waals surface area contributed by atoms with Gasteiger partial charge in [0.1, 0.15) is 0 Å². The molecule has 2 aromatic carbocycles. The highest BCUT2D eigenvalue weighted by molar-refractivity contribution is 7.80. The van der Waals surface area contributed by atoms with Gasteiger partial charge in [-0.3, -0.25) is 0 Å². The van der Waals surface area contributed by atoms with Crippen LogP contribution in [-0.2, 0) is 0 Å². The Morgan fingerprint density at radius 1 is 0.708 bits per heavy atom. The van der Waals surface area contributed by atoms with E-state index in [0.29, 0.717) is 11.8 Å². The Morgan fingerprint density at radius 2 is 1.21 bits per heavy atom. The summed E-state index contributed by atoms with van der Waals surface area (Å²) in [4.78, 5) is 3.06. The van der Waals surface area contributed by atoms with Gasteiger partial charge in [-0.1, -0.05) is 88.4 Å². The predicted molar refractivity (Wildman–Crippen MR) is 111 cm³/mol. The van der Waals surface area contributed by atoms with Crippen molar-refractivity contribution in [3.63, 3.8) is 0 Å². The van der Waals surface area contributed by atoms with Gasteiger partial charge in [0, 0.05) is 9.75 Å². The molecule has 1 aromatic heterocycles. The lowest BCUT2D eigenvalue weighted by molar-refractivity contribution is 0.889. The van der Waals surface area contributed by atoms with Gasteiger partial charge in [-0.15, -0.1) is 11.3 Å². The van der Waals surface area contributed by atoms with E-state index in [4.69, 9.17) is 0 Å². The van der Waals surface area contributed by atoms with Crippen LogP contribution >= 0.6 is 19.3 Å². The summed E-state index contributed by atoms with van der Waals surface area (Å²) in [6.45, 7) is 9.24. The van der Waals surface area contributed by atoms with E-state index < -0.39 is 7.92 Å². The minimum Gasteiger partial charge on any atom is -0.144 e. The second-order valence-electron chi connectivity index (χ2n) is 6.71. The van der Waals surface area contributed by atoms with Gasteiger partial charge in [-0.25, -0.2) is 0 Å². The van der Waals surface area contributed by atoms with E-state index in [9.17, 15) is 0 Å². The van der Waals surface area contributed by atoms with E-state index >= 15 is 0 Å². The molecule has 0 radical (unpaired) electrons. The maximum Gasteiger partial charge on any atom is 0.0157 e. The van der Waals surface area contributed by atoms with Crippen molar-refractivity contribution in [3.05, 3.63) is 76.5 Å². The van der Waals surface area contributed by atoms with Crippen LogP contribution in [0.2, 0.25) is 0 Å². The summed E-state index contributed by atoms with van der Waals surface area (Å²) in [6.07, 6.45) is 0. The van der Waals surface area contributed by atoms with Crippen molar-refractivity contribution in [2.75, 3.05) is 0 Å². The molecule has 0 aliphatic rings. The molecule has 0 saturated heterocycles. The Kier molecular flexibility index (Phi) is 5.54. The highest BCUT2D eigenvalue weighted by Gasteiger charge is 2.24. The molecule has 0 aliphatic heterocycles. The zero-order valence-corrected chi connectivity index (χ0v) is 16.6. The van der Waals surface area contributed by atoms with Crippen molar-refractivity contribution in [3.8, 4) is 0 Å². The molecule has 3 rings (SSSR count). The van der Waals surface area contributed by atoms with Gasteiger partial charge < -0.3 is 0 Å². The summed E-state index contributed by atoms with van der Waals surface area (Å²) in [5.41, 5.74) is 0. The van der Waals surface area contributed by atoms with Crippen molar-refractivity contribution < 1.29 is 0 Å². The van der Waals surface area contributed by atoms with Gasteiger partial charge in [0.15, 0.2) is 0 Å². The molecule has 0 fully saturated rings. The van der Waals surface area contributed by atoms with Crippen molar-refractivity contribution in [2.24, 2.45) is 0 Å². The van der Waals surface area contributed by atoms with Gasteiger partial charge in [-0.05, 0) is 41.7 Å². The first-order valence-electron chi connectivity index (χ1n) is 8.61. The molecule has 0 saturated carbocycles. The molecule has 0 bridgehead atoms. The van der Waals surface area contributed by atoms with Crippen LogP contribution in [-0.4, -0.2) is 0 Å². The first-order valence-corrected chi connectivity index (χ1v) is 10.8. The summed E-state index contributed by atoms with van der Waals surface area (Å²) in [7, 11) is -0.493. The fourth-order valence-electron chi connectivity index (χ4n) is 2.87. The van der Waals surface area contributed by atoms with Crippen LogP contribution in [0.5, 0.6) is 0 Å². The average Bonchev–Trinajstić information content (AvgIpc) is 3.03. The zero-order valence-electron chi connectivity index (χ0n) is 14.9. The molecule has 0 atom stereocenters. The number of hydrogen-bond donors (Lipinski definition) is 0. The molecule has 0 aliphatic carbocycles. The number of hydrogen-bond acceptors (Lipinski definition) is 1. The lowest BCUT2D eigenvalue weighted by Crippen LogP contribution is -2.22. The standard InChI is InChI=1S/C22H25PS/c1-16(2)21-15-20(22(24-21)17(3)4)23(18-11-7-5-8-12-18)19-13-9-6-10-14-19/h5-17H,1-4H3. The fraction of sp³-hybridized carbons (Fsp3) is 0.273. The number of benzene rings is 2. The van der Waals surface area contributed by atoms with Gasteiger partial charge in [0.25, 0.3) is 0 Å². The van der Waals surface area contributed by atoms with Crippen LogP contribution in [0.15, 0.2) is 66.7 Å². The van der Waals surface area contributed by atoms with Crippen molar-refractivity contribution in [2.45, 2.75) is 39.5 Å². The molecule has 0 spiro atoms. The summed E-state index contributed by atoms with van der Waals surface area (Å²) in [5, 5.41) is 4.42. The highest BCUT2D eigenvalue weighted by atomic mass is 32.1. The molecule has 3 aromatic rings. The maximum atomic E-state index is 2.48. The first kappa shape index (κ1) is 17.4. The predicted octanol–water partition coefficient (Wildman–Crippen LogP) is 5.75. The van der Waals surface area contributed by atoms with Crippen molar-refractivity contribution >= 4 is 35.2 Å². The van der Waals surface area contributed by atoms with Crippen LogP contribution in [0.25, 0.3) is 0 Å². The van der Waals surface area contributed by atoms with Crippen LogP contribution in [0, 0.1) is 0 Å². The Labute approximate surface area is 151 Å². The monoisotopic (exact) mass is 352 g/mol. The third-order valence-corrected chi connectivity index (χ3v) is 8.49. The summed E-state index contributed by atoms with van der Waals surface area (Å²) in [6, 6.07) is 24.5. The van der Waals surface area contributed by atoms with E-state index in [-0.39, 0.29) is 0 Å². The fourth-order valence-corrected chi connectivity index (χ4v) is 6.97. The topological polar surface area (TPSA) is 0 Å². The highest BCUT2D eigenvalue weighted by Crippen LogP contribution is 2.40. The van der Waals surface area contributed by atoms with Gasteiger partial charge in [0.05, 0.1) is 0 Å². The van der Waals surface area contributed by atoms with Crippen LogP contribution in [0.3, 0.4) is 0 Å². The average molecular weight is 352 g/mol. The van der Waals surface area contributed by atoms with Gasteiger partial charge in [-0.2, -0.15) is 0 Å². The third-order valence-electron chi connectivity index (χ3n) is 4.12. The first-order chi connectivity index (χ1) is 11.6. The van der Waals surface area contributed by atoms with Crippen LogP contribution < -0.4 is 15.9 Å². The Hall–Kier alpha value is -1.43. The third kappa shape index (κ3) is 3.63. The number of thiophene rings is 1. The van der Waals surface area contributed by atoms with E-state index in [1.807, 2.05) is 11.3 Å². The summed E-state index contributed by atoms with van der Waals surface area (Å²) in [5.74, 6) is 1.15. The summed E-state index contributed by atoms with van der Waals surface area (Å²) < 4.78 is 0. The van der Waals surface area contributed by atoms with Crippen molar-refractivity contribution in [1.82, 2.24) is 0 Å². The minimum absolute atomic E-state index is 0.493. The van der Waals surface area contributed by atoms with E-state index in [1.54, 1.807) is 10.2 Å². The quantitative estimate of drug-likeness (QED) is 0.513. The molecule has 0 N–H and O–H groups in total. The maximum absolute atomic E-state index is 2.48. The molecular formula is C22H25PS. The van der Waals surface area contributed by atoms with Gasteiger partial charge >= 0.3 is 0 Å². The molecule has 0 unspecified atom stereocenters. The lowest BCUT2D eigenvalue weighted by Gasteiger charge is -2.20. The van der Waals surface area contributed by atoms with E-state index in [1.165, 1.54) is 15.5 Å². The molecule has 1 heterocycles. The SMILES string of the molecule is CC(C)c1cc(P(c2ccccc2)c2ccccc2)c(C(C)C)s1. The van der Waals surface area contributed by atoms with Gasteiger partial charge in [0.2, 0.25) is 0 Å². The van der Waals surface area contributed by atoms with E-state index in [0.717, 1.165) is 0 Å². The molecule has 24 heavy (non-hydrogen) atoms. The zero-order chi connectivity index (χ0) is 17.1. The molecule has 0 nitrogen and oxygen atoms in total.